The highest BCUT2D eigenvalue weighted by atomic mass is 16.5. The second-order valence-corrected chi connectivity index (χ2v) is 8.80. The number of nitrogens with two attached hydrogens (primary N) is 1. The molecule has 0 saturated heterocycles. The van der Waals surface area contributed by atoms with Gasteiger partial charge in [0.15, 0.2) is 0 Å². The van der Waals surface area contributed by atoms with Gasteiger partial charge in [-0.05, 0) is 30.5 Å². The highest BCUT2D eigenvalue weighted by Gasteiger charge is 2.16. The summed E-state index contributed by atoms with van der Waals surface area (Å²) in [6, 6.07) is 7.89. The average molecular weight is 517 g/mol. The fourth-order valence-electron chi connectivity index (χ4n) is 3.92. The number of amides is 1. The molecule has 0 aliphatic heterocycles. The molecule has 2 aromatic rings. The molecule has 7 N–H and O–H groups in total. The van der Waals surface area contributed by atoms with E-state index in [1.807, 2.05) is 24.3 Å². The van der Waals surface area contributed by atoms with Crippen LogP contribution in [0.3, 0.4) is 0 Å². The Balaban J connectivity index is 1.47. The zero-order chi connectivity index (χ0) is 26.1. The lowest BCUT2D eigenvalue weighted by atomic mass is 9.96. The summed E-state index contributed by atoms with van der Waals surface area (Å²) in [5.41, 5.74) is 7.03. The Morgan fingerprint density at radius 1 is 0.919 bits per heavy atom. The molecule has 1 aliphatic carbocycles. The number of aromatic nitrogens is 3. The van der Waals surface area contributed by atoms with Crippen molar-refractivity contribution in [3.8, 4) is 0 Å². The first-order valence-electron chi connectivity index (χ1n) is 13.0. The maximum atomic E-state index is 12.2. The summed E-state index contributed by atoms with van der Waals surface area (Å²) in [6.07, 6.45) is 6.14. The van der Waals surface area contributed by atoms with Crippen LogP contribution in [0.4, 0.5) is 23.5 Å². The predicted octanol–water partition coefficient (Wildman–Crippen LogP) is 1.41. The summed E-state index contributed by atoms with van der Waals surface area (Å²) < 4.78 is 10.6. The number of aliphatic hydroxyl groups is 1. The molecule has 204 valence electrons. The van der Waals surface area contributed by atoms with E-state index in [2.05, 4.69) is 36.2 Å². The second-order valence-electron chi connectivity index (χ2n) is 8.80. The molecule has 1 aromatic carbocycles. The Kier molecular flexibility index (Phi) is 12.8. The lowest BCUT2D eigenvalue weighted by molar-refractivity contribution is -0.120. The minimum Gasteiger partial charge on any atom is -0.395 e. The van der Waals surface area contributed by atoms with Crippen molar-refractivity contribution in [2.24, 2.45) is 5.73 Å². The molecule has 0 spiro atoms. The minimum atomic E-state index is -0.0702. The van der Waals surface area contributed by atoms with Crippen LogP contribution in [-0.2, 0) is 20.7 Å². The van der Waals surface area contributed by atoms with Gasteiger partial charge in [-0.3, -0.25) is 4.79 Å². The Hall–Kier alpha value is -3.06. The molecule has 1 aliphatic rings. The Morgan fingerprint density at radius 3 is 2.35 bits per heavy atom. The zero-order valence-corrected chi connectivity index (χ0v) is 21.4. The van der Waals surface area contributed by atoms with Crippen LogP contribution in [0, 0.1) is 0 Å². The van der Waals surface area contributed by atoms with Gasteiger partial charge in [0.1, 0.15) is 0 Å². The predicted molar refractivity (Wildman–Crippen MR) is 143 cm³/mol. The van der Waals surface area contributed by atoms with Gasteiger partial charge in [-0.25, -0.2) is 0 Å². The smallest absolute Gasteiger partial charge is 0.233 e. The van der Waals surface area contributed by atoms with Crippen LogP contribution < -0.4 is 27.0 Å². The number of anilines is 4. The number of aliphatic hydroxyl groups excluding tert-OH is 1. The van der Waals surface area contributed by atoms with Crippen LogP contribution in [0.2, 0.25) is 0 Å². The van der Waals surface area contributed by atoms with Gasteiger partial charge in [-0.15, -0.1) is 0 Å². The molecule has 0 atom stereocenters. The summed E-state index contributed by atoms with van der Waals surface area (Å²) in [7, 11) is 0. The number of nitrogens with zero attached hydrogens (tertiary/aromatic N) is 3. The number of benzene rings is 1. The maximum Gasteiger partial charge on any atom is 0.233 e. The van der Waals surface area contributed by atoms with E-state index in [0.717, 1.165) is 24.1 Å². The monoisotopic (exact) mass is 516 g/mol. The van der Waals surface area contributed by atoms with E-state index in [1.54, 1.807) is 0 Å². The summed E-state index contributed by atoms with van der Waals surface area (Å²) in [5.74, 6) is 1.22. The SMILES string of the molecule is NCCOCCOCCNC(=O)Cc1ccc(Nc2nc(NCCO)nc(NC3CCCCC3)n2)cc1. The van der Waals surface area contributed by atoms with Crippen molar-refractivity contribution in [1.82, 2.24) is 20.3 Å². The number of carbonyl (C=O) groups excluding carboxylic acids is 1. The van der Waals surface area contributed by atoms with Crippen LogP contribution in [-0.4, -0.2) is 84.7 Å². The first-order chi connectivity index (χ1) is 18.2. The molecule has 12 heteroatoms. The number of hydrogen-bond donors (Lipinski definition) is 6. The van der Waals surface area contributed by atoms with Gasteiger partial charge in [0.25, 0.3) is 0 Å². The van der Waals surface area contributed by atoms with Gasteiger partial charge >= 0.3 is 0 Å². The van der Waals surface area contributed by atoms with Crippen LogP contribution >= 0.6 is 0 Å². The normalized spacial score (nSPS) is 13.8. The standard InChI is InChI=1S/C25H40N8O4/c26-10-14-36-16-17-37-15-12-27-22(35)18-19-6-8-21(9-7-19)30-25-32-23(28-11-13-34)31-24(33-25)29-20-4-2-1-3-5-20/h6-9,20,34H,1-5,10-18,26H2,(H,27,35)(H3,28,29,30,31,32,33). The van der Waals surface area contributed by atoms with Gasteiger partial charge < -0.3 is 41.6 Å². The summed E-state index contributed by atoms with van der Waals surface area (Å²) in [4.78, 5) is 25.6. The number of rotatable bonds is 17. The second kappa shape index (κ2) is 16.6. The Labute approximate surface area is 218 Å². The molecule has 12 nitrogen and oxygen atoms in total. The topological polar surface area (TPSA) is 169 Å². The molecule has 37 heavy (non-hydrogen) atoms. The molecule has 3 rings (SSSR count). The van der Waals surface area contributed by atoms with E-state index in [9.17, 15) is 4.79 Å². The van der Waals surface area contributed by atoms with Crippen molar-refractivity contribution >= 4 is 29.4 Å². The lowest BCUT2D eigenvalue weighted by Gasteiger charge is -2.23. The third-order valence-corrected chi connectivity index (χ3v) is 5.75. The first kappa shape index (κ1) is 28.5. The molecular weight excluding hydrogens is 476 g/mol. The van der Waals surface area contributed by atoms with E-state index < -0.39 is 0 Å². The van der Waals surface area contributed by atoms with E-state index >= 15 is 0 Å². The van der Waals surface area contributed by atoms with Crippen molar-refractivity contribution in [3.05, 3.63) is 29.8 Å². The van der Waals surface area contributed by atoms with Crippen molar-refractivity contribution in [1.29, 1.82) is 0 Å². The fraction of sp³-hybridized carbons (Fsp3) is 0.600. The highest BCUT2D eigenvalue weighted by Crippen LogP contribution is 2.22. The van der Waals surface area contributed by atoms with Crippen LogP contribution in [0.15, 0.2) is 24.3 Å². The van der Waals surface area contributed by atoms with Crippen molar-refractivity contribution < 1.29 is 19.4 Å². The van der Waals surface area contributed by atoms with Gasteiger partial charge in [-0.1, -0.05) is 31.4 Å². The first-order valence-corrected chi connectivity index (χ1v) is 13.0. The molecule has 1 amide bonds. The molecule has 0 radical (unpaired) electrons. The maximum absolute atomic E-state index is 12.2. The lowest BCUT2D eigenvalue weighted by Crippen LogP contribution is -2.29. The molecule has 1 heterocycles. The molecule has 1 aromatic heterocycles. The van der Waals surface area contributed by atoms with Gasteiger partial charge in [0, 0.05) is 31.4 Å². The van der Waals surface area contributed by atoms with Gasteiger partial charge in [-0.2, -0.15) is 15.0 Å². The van der Waals surface area contributed by atoms with E-state index in [0.29, 0.717) is 69.9 Å². The van der Waals surface area contributed by atoms with Gasteiger partial charge in [0.05, 0.1) is 39.5 Å². The fourth-order valence-corrected chi connectivity index (χ4v) is 3.92. The van der Waals surface area contributed by atoms with Crippen LogP contribution in [0.5, 0.6) is 0 Å². The van der Waals surface area contributed by atoms with Crippen molar-refractivity contribution in [2.75, 3.05) is 68.6 Å². The molecule has 1 fully saturated rings. The summed E-state index contributed by atoms with van der Waals surface area (Å²) in [5, 5.41) is 21.6. The van der Waals surface area contributed by atoms with E-state index in [4.69, 9.17) is 20.3 Å². The largest absolute Gasteiger partial charge is 0.395 e. The number of nitrogens with one attached hydrogen (secondary N) is 4. The average Bonchev–Trinajstić information content (AvgIpc) is 2.90. The van der Waals surface area contributed by atoms with E-state index in [1.165, 1.54) is 19.3 Å². The van der Waals surface area contributed by atoms with E-state index in [-0.39, 0.29) is 18.9 Å². The summed E-state index contributed by atoms with van der Waals surface area (Å²) >= 11 is 0. The minimum absolute atomic E-state index is 0.0217. The Morgan fingerprint density at radius 2 is 1.62 bits per heavy atom. The molecule has 1 saturated carbocycles. The number of ether oxygens (including phenoxy) is 2. The number of carbonyl (C=O) groups is 1. The quantitative estimate of drug-likeness (QED) is 0.168. The number of hydrogen-bond acceptors (Lipinski definition) is 11. The van der Waals surface area contributed by atoms with Crippen LogP contribution in [0.1, 0.15) is 37.7 Å². The van der Waals surface area contributed by atoms with Crippen LogP contribution in [0.25, 0.3) is 0 Å². The third-order valence-electron chi connectivity index (χ3n) is 5.75. The zero-order valence-electron chi connectivity index (χ0n) is 21.4. The van der Waals surface area contributed by atoms with Gasteiger partial charge in [0.2, 0.25) is 23.8 Å². The summed E-state index contributed by atoms with van der Waals surface area (Å²) in [6.45, 7) is 3.18. The third kappa shape index (κ3) is 11.3. The highest BCUT2D eigenvalue weighted by molar-refractivity contribution is 5.78. The molecule has 0 bridgehead atoms. The van der Waals surface area contributed by atoms with Crippen molar-refractivity contribution in [2.45, 2.75) is 44.6 Å². The Bertz CT molecular complexity index is 925. The molecule has 0 unspecified atom stereocenters. The molecular formula is C25H40N8O4. The van der Waals surface area contributed by atoms with Crippen molar-refractivity contribution in [3.63, 3.8) is 0 Å².